The molecule has 0 amide bonds. The average molecular weight is 810 g/mol. The molecule has 10 nitrogen and oxygen atoms in total. The van der Waals surface area contributed by atoms with Crippen LogP contribution in [-0.2, 0) is 14.2 Å². The van der Waals surface area contributed by atoms with Crippen LogP contribution in [0.15, 0.2) is 0 Å². The molecule has 2 heterocycles. The largest absolute Gasteiger partial charge is 0.394 e. The number of hydrogen-bond acceptors (Lipinski definition) is 10. The highest BCUT2D eigenvalue weighted by Crippen LogP contribution is 2.61. The molecule has 334 valence electrons. The first-order valence-electron chi connectivity index (χ1n) is 24.3. The lowest BCUT2D eigenvalue weighted by Gasteiger charge is -2.57. The summed E-state index contributed by atoms with van der Waals surface area (Å²) in [6, 6.07) is -0.688. The molecule has 7 N–H and O–H groups in total. The highest BCUT2D eigenvalue weighted by molar-refractivity contribution is 5.02. The summed E-state index contributed by atoms with van der Waals surface area (Å²) in [5.41, 5.74) is 0.368. The second-order valence-electron chi connectivity index (χ2n) is 20.0. The van der Waals surface area contributed by atoms with Gasteiger partial charge in [0.25, 0.3) is 0 Å². The number of nitrogens with one attached hydrogen (secondary N) is 1. The van der Waals surface area contributed by atoms with Gasteiger partial charge in [-0.15, -0.1) is 0 Å². The zero-order chi connectivity index (χ0) is 40.5. The van der Waals surface area contributed by atoms with E-state index >= 15 is 0 Å². The fourth-order valence-corrected chi connectivity index (χ4v) is 11.9. The van der Waals surface area contributed by atoms with E-state index in [2.05, 4.69) is 12.2 Å². The highest BCUT2D eigenvalue weighted by Gasteiger charge is 2.50. The zero-order valence-electron chi connectivity index (χ0n) is 36.1. The van der Waals surface area contributed by atoms with Crippen LogP contribution in [0.4, 0.5) is 0 Å². The molecule has 6 fully saturated rings. The third kappa shape index (κ3) is 14.9. The van der Waals surface area contributed by atoms with Crippen molar-refractivity contribution >= 4 is 0 Å². The van der Waals surface area contributed by atoms with Gasteiger partial charge in [-0.1, -0.05) is 135 Å². The predicted molar refractivity (Wildman–Crippen MR) is 225 cm³/mol. The minimum Gasteiger partial charge on any atom is -0.394 e. The molecular weight excluding hydrogens is 723 g/mol. The van der Waals surface area contributed by atoms with Gasteiger partial charge in [0.15, 0.2) is 6.29 Å². The summed E-state index contributed by atoms with van der Waals surface area (Å²) >= 11 is 0. The molecule has 10 heteroatoms. The molecule has 4 saturated carbocycles. The van der Waals surface area contributed by atoms with Gasteiger partial charge in [-0.3, -0.25) is 5.32 Å². The number of rotatable bonds is 32. The number of ether oxygens (including phenoxy) is 3. The first kappa shape index (κ1) is 47.6. The highest BCUT2D eigenvalue weighted by atomic mass is 16.7. The molecule has 6 aliphatic rings. The normalized spacial score (nSPS) is 33.3. The fraction of sp³-hybridized carbons (Fsp3) is 1.00. The first-order chi connectivity index (χ1) is 27.7. The van der Waals surface area contributed by atoms with Crippen LogP contribution in [0.25, 0.3) is 0 Å². The summed E-state index contributed by atoms with van der Waals surface area (Å²) in [6.07, 6.45) is 27.9. The van der Waals surface area contributed by atoms with Crippen LogP contribution < -0.4 is 5.32 Å². The van der Waals surface area contributed by atoms with Crippen molar-refractivity contribution in [3.8, 4) is 0 Å². The second-order valence-corrected chi connectivity index (χ2v) is 20.0. The Morgan fingerprint density at radius 2 is 1.12 bits per heavy atom. The van der Waals surface area contributed by atoms with E-state index in [4.69, 9.17) is 14.2 Å². The number of hydrogen-bond donors (Lipinski definition) is 7. The minimum absolute atomic E-state index is 0.107. The zero-order valence-corrected chi connectivity index (χ0v) is 36.1. The Kier molecular flexibility index (Phi) is 20.8. The van der Waals surface area contributed by atoms with Crippen molar-refractivity contribution in [2.45, 2.75) is 248 Å². The van der Waals surface area contributed by atoms with Crippen molar-refractivity contribution < 1.29 is 44.8 Å². The molecule has 0 aromatic carbocycles. The van der Waals surface area contributed by atoms with E-state index in [0.717, 1.165) is 61.7 Å². The van der Waals surface area contributed by atoms with Crippen molar-refractivity contribution in [3.05, 3.63) is 0 Å². The molecule has 0 aromatic heterocycles. The van der Waals surface area contributed by atoms with Crippen molar-refractivity contribution in [2.75, 3.05) is 26.4 Å². The Morgan fingerprint density at radius 3 is 1.61 bits per heavy atom. The summed E-state index contributed by atoms with van der Waals surface area (Å²) in [5.74, 6) is 3.16. The molecule has 8 atom stereocenters. The lowest BCUT2D eigenvalue weighted by molar-refractivity contribution is -0.303. The summed E-state index contributed by atoms with van der Waals surface area (Å²) in [4.78, 5) is 0. The Labute approximate surface area is 346 Å². The third-order valence-electron chi connectivity index (χ3n) is 15.0. The first-order valence-corrected chi connectivity index (χ1v) is 24.3. The monoisotopic (exact) mass is 810 g/mol. The van der Waals surface area contributed by atoms with Gasteiger partial charge in [0.2, 0.25) is 0 Å². The molecule has 6 rings (SSSR count). The molecule has 0 aromatic rings. The van der Waals surface area contributed by atoms with Gasteiger partial charge in [-0.25, -0.2) is 0 Å². The van der Waals surface area contributed by atoms with E-state index < -0.39 is 55.6 Å². The van der Waals surface area contributed by atoms with Crippen LogP contribution >= 0.6 is 0 Å². The summed E-state index contributed by atoms with van der Waals surface area (Å²) in [6.45, 7) is 2.62. The Bertz CT molecular complexity index is 1040. The second kappa shape index (κ2) is 24.9. The molecule has 0 radical (unpaired) electrons. The summed E-state index contributed by atoms with van der Waals surface area (Å²) in [7, 11) is 0. The van der Waals surface area contributed by atoms with Crippen molar-refractivity contribution in [1.82, 2.24) is 5.32 Å². The minimum atomic E-state index is -1.55. The van der Waals surface area contributed by atoms with Crippen LogP contribution in [0, 0.1) is 23.2 Å². The summed E-state index contributed by atoms with van der Waals surface area (Å²) in [5, 5.41) is 67.1. The fourth-order valence-electron chi connectivity index (χ4n) is 11.9. The molecular formula is C47H87NO9. The SMILES string of the molecule is CCCCCCCCCCCCCC[C@@H](O)[C@@H](O)[C@H](COC1OC(CO)C(O)C(O)C1O)NC1(CCCCCCCCCCC23CC4CC(CC(C4)C2)C3)COC1. The van der Waals surface area contributed by atoms with E-state index in [1.165, 1.54) is 141 Å². The van der Waals surface area contributed by atoms with Crippen LogP contribution in [0.1, 0.15) is 193 Å². The van der Waals surface area contributed by atoms with Gasteiger partial charge >= 0.3 is 0 Å². The van der Waals surface area contributed by atoms with Gasteiger partial charge in [0.05, 0.1) is 50.2 Å². The van der Waals surface area contributed by atoms with Gasteiger partial charge in [-0.05, 0) is 81.0 Å². The third-order valence-corrected chi connectivity index (χ3v) is 15.0. The standard InChI is InChI=1S/C47H87NO9/c1-2-3-4-5-6-7-8-9-10-13-16-19-22-39(50)41(51)38(32-56-45-44(54)43(53)42(52)40(31-49)57-45)48-47(33-55-34-47)24-21-18-15-12-11-14-17-20-23-46-28-35-25-36(29-46)27-37(26-35)30-46/h35-45,48-54H,2-34H2,1H3/t35?,36?,37?,38-,39+,40?,41-,42?,43?,44?,45?,46?/m0/s1. The molecule has 4 aliphatic carbocycles. The topological polar surface area (TPSA) is 161 Å². The molecule has 2 saturated heterocycles. The maximum Gasteiger partial charge on any atom is 0.186 e. The number of aliphatic hydroxyl groups excluding tert-OH is 6. The van der Waals surface area contributed by atoms with Crippen LogP contribution in [-0.4, -0.2) is 112 Å². The maximum atomic E-state index is 11.5. The maximum absolute atomic E-state index is 11.5. The van der Waals surface area contributed by atoms with Crippen LogP contribution in [0.2, 0.25) is 0 Å². The van der Waals surface area contributed by atoms with E-state index in [0.29, 0.717) is 19.6 Å². The molecule has 0 spiro atoms. The number of aliphatic hydroxyl groups is 6. The van der Waals surface area contributed by atoms with E-state index in [1.807, 2.05) is 0 Å². The lowest BCUT2D eigenvalue weighted by atomic mass is 9.48. The summed E-state index contributed by atoms with van der Waals surface area (Å²) < 4.78 is 17.2. The van der Waals surface area contributed by atoms with Crippen molar-refractivity contribution in [1.29, 1.82) is 0 Å². The Balaban J connectivity index is 0.997. The quantitative estimate of drug-likeness (QED) is 0.0340. The van der Waals surface area contributed by atoms with Gasteiger partial charge in [-0.2, -0.15) is 0 Å². The van der Waals surface area contributed by atoms with Gasteiger partial charge in [0.1, 0.15) is 24.4 Å². The molecule has 57 heavy (non-hydrogen) atoms. The average Bonchev–Trinajstić information content (AvgIpc) is 3.18. The van der Waals surface area contributed by atoms with Crippen molar-refractivity contribution in [2.24, 2.45) is 23.2 Å². The smallest absolute Gasteiger partial charge is 0.186 e. The lowest BCUT2D eigenvalue weighted by Crippen LogP contribution is -2.67. The predicted octanol–water partition coefficient (Wildman–Crippen LogP) is 7.46. The number of unbranched alkanes of at least 4 members (excludes halogenated alkanes) is 18. The van der Waals surface area contributed by atoms with Crippen LogP contribution in [0.5, 0.6) is 0 Å². The van der Waals surface area contributed by atoms with E-state index in [-0.39, 0.29) is 12.1 Å². The van der Waals surface area contributed by atoms with E-state index in [1.54, 1.807) is 0 Å². The van der Waals surface area contributed by atoms with E-state index in [9.17, 15) is 30.6 Å². The van der Waals surface area contributed by atoms with Gasteiger partial charge < -0.3 is 44.8 Å². The van der Waals surface area contributed by atoms with Crippen molar-refractivity contribution in [3.63, 3.8) is 0 Å². The molecule has 2 aliphatic heterocycles. The Hall–Kier alpha value is -0.400. The van der Waals surface area contributed by atoms with Crippen LogP contribution in [0.3, 0.4) is 0 Å². The van der Waals surface area contributed by atoms with Gasteiger partial charge in [0, 0.05) is 0 Å². The molecule has 5 unspecified atom stereocenters. The Morgan fingerprint density at radius 1 is 0.632 bits per heavy atom. The molecule has 4 bridgehead atoms.